The third-order valence-electron chi connectivity index (χ3n) is 8.44. The largest absolute Gasteiger partial charge is 0.416 e. The molecule has 1 saturated carbocycles. The number of likely N-dealkylation sites (tertiary alicyclic amines) is 1. The maximum absolute atomic E-state index is 14.9. The molecule has 1 saturated heterocycles. The van der Waals surface area contributed by atoms with E-state index in [1.807, 2.05) is 31.2 Å². The SMILES string of the molecule is Cc1ccc(NC(=O)[C@H]2C[C@@H](C)CN(C(=O)c3c(F)cccc3Cl)[C@H]2c2ccc(NC3CCCC3)cc2)cc1C(F)(F)F. The molecule has 1 heterocycles. The van der Waals surface area contributed by atoms with Crippen LogP contribution in [0.3, 0.4) is 0 Å². The number of piperidine rings is 1. The van der Waals surface area contributed by atoms with Gasteiger partial charge in [0, 0.05) is 24.0 Å². The zero-order valence-electron chi connectivity index (χ0n) is 24.0. The Morgan fingerprint density at radius 1 is 0.977 bits per heavy atom. The fourth-order valence-corrected chi connectivity index (χ4v) is 6.59. The first kappa shape index (κ1) is 30.9. The molecule has 2 fully saturated rings. The summed E-state index contributed by atoms with van der Waals surface area (Å²) in [6, 6.07) is 14.7. The summed E-state index contributed by atoms with van der Waals surface area (Å²) in [6.45, 7) is 3.47. The Hall–Kier alpha value is -3.59. The van der Waals surface area contributed by atoms with Gasteiger partial charge in [0.15, 0.2) is 0 Å². The van der Waals surface area contributed by atoms with Crippen LogP contribution in [0.4, 0.5) is 28.9 Å². The van der Waals surface area contributed by atoms with Crippen molar-refractivity contribution in [3.8, 4) is 0 Å². The number of carbonyl (C=O) groups excluding carboxylic acids is 2. The molecule has 3 aromatic carbocycles. The van der Waals surface area contributed by atoms with Gasteiger partial charge in [-0.05, 0) is 79.6 Å². The van der Waals surface area contributed by atoms with E-state index in [2.05, 4.69) is 10.6 Å². The number of benzene rings is 3. The lowest BCUT2D eigenvalue weighted by molar-refractivity contribution is -0.138. The third kappa shape index (κ3) is 6.82. The van der Waals surface area contributed by atoms with Gasteiger partial charge in [0.05, 0.1) is 28.1 Å². The van der Waals surface area contributed by atoms with Crippen molar-refractivity contribution in [1.29, 1.82) is 0 Å². The zero-order valence-corrected chi connectivity index (χ0v) is 24.7. The van der Waals surface area contributed by atoms with Gasteiger partial charge in [-0.3, -0.25) is 9.59 Å². The summed E-state index contributed by atoms with van der Waals surface area (Å²) in [4.78, 5) is 29.2. The molecular weight excluding hydrogens is 582 g/mol. The van der Waals surface area contributed by atoms with Gasteiger partial charge in [-0.1, -0.05) is 55.6 Å². The molecule has 2 N–H and O–H groups in total. The van der Waals surface area contributed by atoms with Gasteiger partial charge in [0.2, 0.25) is 5.91 Å². The van der Waals surface area contributed by atoms with Crippen molar-refractivity contribution in [2.75, 3.05) is 17.2 Å². The van der Waals surface area contributed by atoms with E-state index in [1.54, 1.807) is 0 Å². The van der Waals surface area contributed by atoms with E-state index in [0.717, 1.165) is 30.7 Å². The van der Waals surface area contributed by atoms with Gasteiger partial charge in [-0.15, -0.1) is 0 Å². The highest BCUT2D eigenvalue weighted by atomic mass is 35.5. The number of hydrogen-bond donors (Lipinski definition) is 2. The molecule has 5 rings (SSSR count). The molecule has 2 amide bonds. The lowest BCUT2D eigenvalue weighted by Crippen LogP contribution is -2.49. The first-order chi connectivity index (χ1) is 20.4. The number of hydrogen-bond acceptors (Lipinski definition) is 3. The average Bonchev–Trinajstić information content (AvgIpc) is 3.46. The van der Waals surface area contributed by atoms with E-state index in [1.165, 1.54) is 48.9 Å². The zero-order chi connectivity index (χ0) is 30.9. The maximum Gasteiger partial charge on any atom is 0.416 e. The molecule has 10 heteroatoms. The molecule has 228 valence electrons. The van der Waals surface area contributed by atoms with Gasteiger partial charge in [0.1, 0.15) is 5.82 Å². The quantitative estimate of drug-likeness (QED) is 0.273. The van der Waals surface area contributed by atoms with Crippen molar-refractivity contribution in [3.05, 3.63) is 93.8 Å². The highest BCUT2D eigenvalue weighted by molar-refractivity contribution is 6.33. The van der Waals surface area contributed by atoms with Crippen molar-refractivity contribution in [1.82, 2.24) is 4.90 Å². The van der Waals surface area contributed by atoms with Crippen LogP contribution < -0.4 is 10.6 Å². The predicted molar refractivity (Wildman–Crippen MR) is 160 cm³/mol. The number of halogens is 5. The Kier molecular flexibility index (Phi) is 9.02. The number of nitrogens with zero attached hydrogens (tertiary/aromatic N) is 1. The first-order valence-corrected chi connectivity index (χ1v) is 14.9. The highest BCUT2D eigenvalue weighted by Crippen LogP contribution is 2.42. The standard InChI is InChI=1S/C33H34ClF4N3O2/c1-19-16-25(31(42)40-24-13-10-20(2)26(17-24)33(36,37)38)30(21-11-14-23(15-12-21)39-22-6-3-4-7-22)41(18-19)32(43)29-27(34)8-5-9-28(29)35/h5,8-15,17,19,22,25,30,39H,3-4,6-7,16,18H2,1-2H3,(H,40,42)/t19-,25+,30+/m1/s1. The minimum atomic E-state index is -4.58. The minimum Gasteiger partial charge on any atom is -0.382 e. The molecule has 2 aliphatic rings. The Morgan fingerprint density at radius 2 is 1.65 bits per heavy atom. The normalized spacial score (nSPS) is 21.1. The number of nitrogens with one attached hydrogen (secondary N) is 2. The van der Waals surface area contributed by atoms with E-state index >= 15 is 0 Å². The second kappa shape index (κ2) is 12.6. The fourth-order valence-electron chi connectivity index (χ4n) is 6.34. The summed E-state index contributed by atoms with van der Waals surface area (Å²) in [5.41, 5.74) is 0.496. The highest BCUT2D eigenvalue weighted by Gasteiger charge is 2.43. The summed E-state index contributed by atoms with van der Waals surface area (Å²) in [5.74, 6) is -2.94. The molecule has 43 heavy (non-hydrogen) atoms. The Morgan fingerprint density at radius 3 is 2.30 bits per heavy atom. The number of anilines is 2. The molecule has 1 aliphatic heterocycles. The summed E-state index contributed by atoms with van der Waals surface area (Å²) >= 11 is 6.28. The topological polar surface area (TPSA) is 61.4 Å². The lowest BCUT2D eigenvalue weighted by atomic mass is 9.79. The van der Waals surface area contributed by atoms with Crippen LogP contribution in [-0.2, 0) is 11.0 Å². The molecular formula is C33H34ClF4N3O2. The van der Waals surface area contributed by atoms with Crippen LogP contribution in [0.5, 0.6) is 0 Å². The molecule has 3 aromatic rings. The molecule has 0 radical (unpaired) electrons. The second-order valence-corrected chi connectivity index (χ2v) is 12.1. The van der Waals surface area contributed by atoms with Crippen LogP contribution in [0, 0.1) is 24.6 Å². The molecule has 1 aliphatic carbocycles. The summed E-state index contributed by atoms with van der Waals surface area (Å²) in [6.07, 6.45) is 0.312. The second-order valence-electron chi connectivity index (χ2n) is 11.7. The van der Waals surface area contributed by atoms with Crippen LogP contribution in [0.25, 0.3) is 0 Å². The van der Waals surface area contributed by atoms with Crippen molar-refractivity contribution in [3.63, 3.8) is 0 Å². The monoisotopic (exact) mass is 615 g/mol. The van der Waals surface area contributed by atoms with Crippen molar-refractivity contribution in [2.24, 2.45) is 11.8 Å². The van der Waals surface area contributed by atoms with Gasteiger partial charge in [0.25, 0.3) is 5.91 Å². The first-order valence-electron chi connectivity index (χ1n) is 14.5. The van der Waals surface area contributed by atoms with E-state index in [9.17, 15) is 27.2 Å². The fraction of sp³-hybridized carbons (Fsp3) is 0.394. The number of carbonyl (C=O) groups is 2. The van der Waals surface area contributed by atoms with Crippen LogP contribution in [0.15, 0.2) is 60.7 Å². The predicted octanol–water partition coefficient (Wildman–Crippen LogP) is 8.64. The number of alkyl halides is 3. The molecule has 0 unspecified atom stereocenters. The van der Waals surface area contributed by atoms with E-state index in [0.29, 0.717) is 18.0 Å². The Bertz CT molecular complexity index is 1470. The van der Waals surface area contributed by atoms with Crippen LogP contribution in [0.2, 0.25) is 5.02 Å². The molecule has 0 bridgehead atoms. The summed E-state index contributed by atoms with van der Waals surface area (Å²) in [5, 5.41) is 6.14. The third-order valence-corrected chi connectivity index (χ3v) is 8.76. The summed E-state index contributed by atoms with van der Waals surface area (Å²) < 4.78 is 55.7. The molecule has 5 nitrogen and oxygen atoms in total. The molecule has 0 aromatic heterocycles. The summed E-state index contributed by atoms with van der Waals surface area (Å²) in [7, 11) is 0. The van der Waals surface area contributed by atoms with Crippen molar-refractivity contribution >= 4 is 34.8 Å². The Balaban J connectivity index is 1.51. The van der Waals surface area contributed by atoms with Crippen molar-refractivity contribution in [2.45, 2.75) is 64.2 Å². The minimum absolute atomic E-state index is 0.00559. The van der Waals surface area contributed by atoms with Gasteiger partial charge >= 0.3 is 6.18 Å². The van der Waals surface area contributed by atoms with E-state index in [-0.39, 0.29) is 34.3 Å². The van der Waals surface area contributed by atoms with Crippen LogP contribution in [0.1, 0.15) is 72.1 Å². The average molecular weight is 616 g/mol. The number of aryl methyl sites for hydroxylation is 1. The Labute approximate surface area is 253 Å². The van der Waals surface area contributed by atoms with Crippen molar-refractivity contribution < 1.29 is 27.2 Å². The van der Waals surface area contributed by atoms with Crippen LogP contribution >= 0.6 is 11.6 Å². The van der Waals surface area contributed by atoms with Gasteiger partial charge in [-0.2, -0.15) is 13.2 Å². The van der Waals surface area contributed by atoms with Crippen LogP contribution in [-0.4, -0.2) is 29.3 Å². The lowest BCUT2D eigenvalue weighted by Gasteiger charge is -2.44. The number of amides is 2. The van der Waals surface area contributed by atoms with E-state index < -0.39 is 41.3 Å². The maximum atomic E-state index is 14.9. The van der Waals surface area contributed by atoms with E-state index in [4.69, 9.17) is 11.6 Å². The smallest absolute Gasteiger partial charge is 0.382 e. The van der Waals surface area contributed by atoms with Gasteiger partial charge < -0.3 is 15.5 Å². The molecule has 3 atom stereocenters. The van der Waals surface area contributed by atoms with Gasteiger partial charge in [-0.25, -0.2) is 4.39 Å². The number of rotatable bonds is 6. The molecule has 0 spiro atoms.